The Hall–Kier alpha value is -0.640. The van der Waals surface area contributed by atoms with Crippen LogP contribution < -0.4 is 0 Å². The van der Waals surface area contributed by atoms with E-state index >= 15 is 0 Å². The monoisotopic (exact) mass is 296 g/mol. The van der Waals surface area contributed by atoms with Crippen LogP contribution in [0, 0.1) is 13.8 Å². The van der Waals surface area contributed by atoms with Crippen molar-refractivity contribution in [3.8, 4) is 0 Å². The average molecular weight is 297 g/mol. The highest BCUT2D eigenvalue weighted by Crippen LogP contribution is 2.30. The van der Waals surface area contributed by atoms with Crippen molar-refractivity contribution < 1.29 is 5.11 Å². The summed E-state index contributed by atoms with van der Waals surface area (Å²) >= 11 is 5.11. The Balaban J connectivity index is 2.44. The lowest BCUT2D eigenvalue weighted by Gasteiger charge is -2.14. The Bertz CT molecular complexity index is 491. The molecule has 0 fully saturated rings. The topological polar surface area (TPSA) is 20.2 Å². The zero-order chi connectivity index (χ0) is 11.7. The number of aliphatic hydroxyl groups is 1. The molecule has 0 aliphatic heterocycles. The van der Waals surface area contributed by atoms with Crippen LogP contribution in [-0.2, 0) is 0 Å². The summed E-state index contributed by atoms with van der Waals surface area (Å²) in [6.07, 6.45) is -0.516. The zero-order valence-electron chi connectivity index (χ0n) is 9.20. The lowest BCUT2D eigenvalue weighted by Crippen LogP contribution is -2.01. The largest absolute Gasteiger partial charge is 0.384 e. The van der Waals surface area contributed by atoms with Gasteiger partial charge in [0, 0.05) is 4.47 Å². The van der Waals surface area contributed by atoms with E-state index in [1.165, 1.54) is 0 Å². The summed E-state index contributed by atoms with van der Waals surface area (Å²) < 4.78 is 1.09. The first-order valence-electron chi connectivity index (χ1n) is 5.06. The maximum atomic E-state index is 10.3. The van der Waals surface area contributed by atoms with Crippen molar-refractivity contribution in [1.29, 1.82) is 0 Å². The second-order valence-electron chi connectivity index (χ2n) is 3.92. The highest BCUT2D eigenvalue weighted by molar-refractivity contribution is 9.10. The first-order chi connectivity index (χ1) is 7.59. The Morgan fingerprint density at radius 2 is 2.00 bits per heavy atom. The summed E-state index contributed by atoms with van der Waals surface area (Å²) in [5, 5.41) is 14.2. The molecule has 0 saturated carbocycles. The molecule has 0 aliphatic rings. The van der Waals surface area contributed by atoms with E-state index in [1.54, 1.807) is 11.3 Å². The molecule has 0 radical (unpaired) electrons. The van der Waals surface area contributed by atoms with Crippen molar-refractivity contribution in [2.45, 2.75) is 20.0 Å². The van der Waals surface area contributed by atoms with Gasteiger partial charge in [-0.15, -0.1) is 0 Å². The Labute approximate surface area is 108 Å². The third-order valence-electron chi connectivity index (χ3n) is 2.70. The average Bonchev–Trinajstić information content (AvgIpc) is 2.75. The summed E-state index contributed by atoms with van der Waals surface area (Å²) in [5.74, 6) is 0. The predicted octanol–water partition coefficient (Wildman–Crippen LogP) is 4.21. The van der Waals surface area contributed by atoms with Gasteiger partial charge < -0.3 is 5.11 Å². The van der Waals surface area contributed by atoms with Gasteiger partial charge in [-0.1, -0.05) is 22.0 Å². The van der Waals surface area contributed by atoms with Crippen LogP contribution in [0.25, 0.3) is 0 Å². The Kier molecular flexibility index (Phi) is 3.47. The third kappa shape index (κ3) is 2.21. The molecule has 1 N–H and O–H groups in total. The van der Waals surface area contributed by atoms with Crippen molar-refractivity contribution >= 4 is 27.3 Å². The van der Waals surface area contributed by atoms with Crippen molar-refractivity contribution in [3.05, 3.63) is 55.7 Å². The molecule has 1 aromatic carbocycles. The molecule has 84 valence electrons. The number of hydrogen-bond acceptors (Lipinski definition) is 2. The number of halogens is 1. The van der Waals surface area contributed by atoms with Gasteiger partial charge in [0.25, 0.3) is 0 Å². The molecule has 1 atom stereocenters. The maximum Gasteiger partial charge on any atom is 0.105 e. The van der Waals surface area contributed by atoms with Crippen LogP contribution in [0.15, 0.2) is 33.4 Å². The number of aliphatic hydroxyl groups excluding tert-OH is 1. The smallest absolute Gasteiger partial charge is 0.105 e. The number of thiophene rings is 1. The minimum atomic E-state index is -0.516. The molecule has 0 amide bonds. The van der Waals surface area contributed by atoms with Gasteiger partial charge in [-0.25, -0.2) is 0 Å². The van der Waals surface area contributed by atoms with Crippen LogP contribution in [0.5, 0.6) is 0 Å². The van der Waals surface area contributed by atoms with E-state index in [9.17, 15) is 5.11 Å². The SMILES string of the molecule is Cc1cc(C(O)c2ccsc2)c(C)cc1Br. The number of rotatable bonds is 2. The molecule has 0 aliphatic carbocycles. The van der Waals surface area contributed by atoms with Crippen LogP contribution in [0.2, 0.25) is 0 Å². The van der Waals surface area contributed by atoms with Crippen molar-refractivity contribution in [1.82, 2.24) is 0 Å². The minimum absolute atomic E-state index is 0.516. The van der Waals surface area contributed by atoms with Gasteiger partial charge in [-0.2, -0.15) is 11.3 Å². The lowest BCUT2D eigenvalue weighted by molar-refractivity contribution is 0.220. The molecule has 0 bridgehead atoms. The van der Waals surface area contributed by atoms with Gasteiger partial charge in [0.05, 0.1) is 0 Å². The highest BCUT2D eigenvalue weighted by atomic mass is 79.9. The van der Waals surface area contributed by atoms with E-state index < -0.39 is 6.10 Å². The van der Waals surface area contributed by atoms with Gasteiger partial charge in [-0.05, 0) is 59.0 Å². The molecule has 1 unspecified atom stereocenters. The first kappa shape index (κ1) is 11.8. The van der Waals surface area contributed by atoms with Gasteiger partial charge in [-0.3, -0.25) is 0 Å². The van der Waals surface area contributed by atoms with Gasteiger partial charge in [0.1, 0.15) is 6.10 Å². The molecule has 2 aromatic rings. The van der Waals surface area contributed by atoms with E-state index in [4.69, 9.17) is 0 Å². The molecule has 1 heterocycles. The van der Waals surface area contributed by atoms with Crippen LogP contribution in [-0.4, -0.2) is 5.11 Å². The third-order valence-corrected chi connectivity index (χ3v) is 4.26. The predicted molar refractivity (Wildman–Crippen MR) is 72.0 cm³/mol. The molecule has 1 nitrogen and oxygen atoms in total. The molecule has 0 saturated heterocycles. The second kappa shape index (κ2) is 4.70. The molecule has 3 heteroatoms. The van der Waals surface area contributed by atoms with E-state index in [0.29, 0.717) is 0 Å². The molecule has 0 spiro atoms. The van der Waals surface area contributed by atoms with Gasteiger partial charge in [0.15, 0.2) is 0 Å². The Morgan fingerprint density at radius 3 is 2.62 bits per heavy atom. The summed E-state index contributed by atoms with van der Waals surface area (Å²) in [4.78, 5) is 0. The fraction of sp³-hybridized carbons (Fsp3) is 0.231. The fourth-order valence-corrected chi connectivity index (χ4v) is 2.84. The van der Waals surface area contributed by atoms with E-state index in [-0.39, 0.29) is 0 Å². The number of benzene rings is 1. The number of aryl methyl sites for hydroxylation is 2. The molecule has 1 aromatic heterocycles. The standard InChI is InChI=1S/C13H13BrOS/c1-8-6-12(14)9(2)5-11(8)13(15)10-3-4-16-7-10/h3-7,13,15H,1-2H3. The zero-order valence-corrected chi connectivity index (χ0v) is 11.6. The highest BCUT2D eigenvalue weighted by Gasteiger charge is 2.14. The van der Waals surface area contributed by atoms with E-state index in [1.807, 2.05) is 36.7 Å². The molecule has 16 heavy (non-hydrogen) atoms. The van der Waals surface area contributed by atoms with Crippen molar-refractivity contribution in [2.24, 2.45) is 0 Å². The molecule has 2 rings (SSSR count). The van der Waals surface area contributed by atoms with E-state index in [0.717, 1.165) is 26.7 Å². The van der Waals surface area contributed by atoms with Crippen LogP contribution >= 0.6 is 27.3 Å². The number of hydrogen-bond donors (Lipinski definition) is 1. The van der Waals surface area contributed by atoms with Crippen LogP contribution in [0.3, 0.4) is 0 Å². The Morgan fingerprint density at radius 1 is 1.25 bits per heavy atom. The van der Waals surface area contributed by atoms with E-state index in [2.05, 4.69) is 22.0 Å². The maximum absolute atomic E-state index is 10.3. The second-order valence-corrected chi connectivity index (χ2v) is 5.55. The van der Waals surface area contributed by atoms with Gasteiger partial charge >= 0.3 is 0 Å². The fourth-order valence-electron chi connectivity index (χ4n) is 1.71. The van der Waals surface area contributed by atoms with Crippen molar-refractivity contribution in [3.63, 3.8) is 0 Å². The van der Waals surface area contributed by atoms with Crippen molar-refractivity contribution in [2.75, 3.05) is 0 Å². The summed E-state index contributed by atoms with van der Waals surface area (Å²) in [5.41, 5.74) is 4.21. The minimum Gasteiger partial charge on any atom is -0.384 e. The summed E-state index contributed by atoms with van der Waals surface area (Å²) in [6.45, 7) is 4.06. The summed E-state index contributed by atoms with van der Waals surface area (Å²) in [7, 11) is 0. The lowest BCUT2D eigenvalue weighted by atomic mass is 9.97. The molecular formula is C13H13BrOS. The van der Waals surface area contributed by atoms with Crippen LogP contribution in [0.4, 0.5) is 0 Å². The quantitative estimate of drug-likeness (QED) is 0.880. The van der Waals surface area contributed by atoms with Crippen LogP contribution in [0.1, 0.15) is 28.4 Å². The first-order valence-corrected chi connectivity index (χ1v) is 6.80. The molecular weight excluding hydrogens is 284 g/mol. The summed E-state index contributed by atoms with van der Waals surface area (Å²) in [6, 6.07) is 6.06. The normalized spacial score (nSPS) is 12.8. The van der Waals surface area contributed by atoms with Gasteiger partial charge in [0.2, 0.25) is 0 Å².